The van der Waals surface area contributed by atoms with Crippen molar-refractivity contribution >= 4 is 23.6 Å². The first-order chi connectivity index (χ1) is 7.63. The van der Waals surface area contributed by atoms with Gasteiger partial charge in [0.2, 0.25) is 0 Å². The standard InChI is InChI=1S/C12H8ClNO2/c13-11(7-10(8-14)12(15)16)6-9-4-2-1-3-5-9/h1-7H,(H,15,16)/p-1/b10-7+,11-6-. The molecular formula is C12H7ClNO2-. The molecule has 0 heterocycles. The van der Waals surface area contributed by atoms with Crippen molar-refractivity contribution in [3.8, 4) is 6.07 Å². The lowest BCUT2D eigenvalue weighted by atomic mass is 10.2. The van der Waals surface area contributed by atoms with Gasteiger partial charge in [-0.05, 0) is 17.7 Å². The molecule has 1 aromatic carbocycles. The molecule has 0 N–H and O–H groups in total. The molecule has 0 aromatic heterocycles. The molecule has 0 aliphatic rings. The molecular weight excluding hydrogens is 226 g/mol. The summed E-state index contributed by atoms with van der Waals surface area (Å²) >= 11 is 5.78. The van der Waals surface area contributed by atoms with Crippen LogP contribution in [-0.4, -0.2) is 5.97 Å². The van der Waals surface area contributed by atoms with Crippen molar-refractivity contribution < 1.29 is 9.90 Å². The fourth-order valence-corrected chi connectivity index (χ4v) is 1.26. The zero-order valence-corrected chi connectivity index (χ0v) is 8.94. The van der Waals surface area contributed by atoms with Crippen LogP contribution in [0.15, 0.2) is 47.0 Å². The second-order valence-electron chi connectivity index (χ2n) is 2.90. The van der Waals surface area contributed by atoms with Gasteiger partial charge in [-0.1, -0.05) is 41.9 Å². The Labute approximate surface area is 97.9 Å². The number of carbonyl (C=O) groups is 1. The zero-order chi connectivity index (χ0) is 12.0. The number of allylic oxidation sites excluding steroid dienone is 2. The minimum atomic E-state index is -1.54. The van der Waals surface area contributed by atoms with E-state index in [4.69, 9.17) is 16.9 Å². The maximum absolute atomic E-state index is 10.4. The molecule has 1 rings (SSSR count). The summed E-state index contributed by atoms with van der Waals surface area (Å²) in [6.45, 7) is 0. The summed E-state index contributed by atoms with van der Waals surface area (Å²) in [5.74, 6) is -1.54. The summed E-state index contributed by atoms with van der Waals surface area (Å²) in [4.78, 5) is 10.4. The Morgan fingerprint density at radius 2 is 2.00 bits per heavy atom. The van der Waals surface area contributed by atoms with Gasteiger partial charge in [0, 0.05) is 5.03 Å². The second-order valence-corrected chi connectivity index (χ2v) is 3.33. The molecule has 0 fully saturated rings. The molecule has 3 nitrogen and oxygen atoms in total. The van der Waals surface area contributed by atoms with Crippen LogP contribution in [-0.2, 0) is 4.79 Å². The molecule has 0 aliphatic heterocycles. The fourth-order valence-electron chi connectivity index (χ4n) is 1.02. The van der Waals surface area contributed by atoms with Crippen LogP contribution in [0.5, 0.6) is 0 Å². The van der Waals surface area contributed by atoms with E-state index in [1.54, 1.807) is 18.2 Å². The Morgan fingerprint density at radius 3 is 2.50 bits per heavy atom. The molecule has 0 spiro atoms. The van der Waals surface area contributed by atoms with Crippen LogP contribution in [0.2, 0.25) is 0 Å². The highest BCUT2D eigenvalue weighted by atomic mass is 35.5. The van der Waals surface area contributed by atoms with Crippen LogP contribution in [0.25, 0.3) is 6.08 Å². The van der Waals surface area contributed by atoms with E-state index in [9.17, 15) is 9.90 Å². The van der Waals surface area contributed by atoms with E-state index in [-0.39, 0.29) is 5.03 Å². The monoisotopic (exact) mass is 232 g/mol. The molecule has 0 saturated heterocycles. The maximum atomic E-state index is 10.4. The molecule has 4 heteroatoms. The summed E-state index contributed by atoms with van der Waals surface area (Å²) in [5.41, 5.74) is 0.316. The van der Waals surface area contributed by atoms with Crippen LogP contribution in [0.3, 0.4) is 0 Å². The van der Waals surface area contributed by atoms with Crippen molar-refractivity contribution in [1.29, 1.82) is 5.26 Å². The van der Waals surface area contributed by atoms with Crippen LogP contribution in [0, 0.1) is 11.3 Å². The summed E-state index contributed by atoms with van der Waals surface area (Å²) < 4.78 is 0. The normalized spacial score (nSPS) is 12.0. The summed E-state index contributed by atoms with van der Waals surface area (Å²) in [6, 6.07) is 10.6. The lowest BCUT2D eigenvalue weighted by Crippen LogP contribution is -2.23. The van der Waals surface area contributed by atoms with Gasteiger partial charge in [-0.25, -0.2) is 0 Å². The molecule has 80 valence electrons. The van der Waals surface area contributed by atoms with E-state index in [1.165, 1.54) is 6.07 Å². The molecule has 0 aliphatic carbocycles. The van der Waals surface area contributed by atoms with Crippen molar-refractivity contribution in [2.24, 2.45) is 0 Å². The Kier molecular flexibility index (Phi) is 4.31. The van der Waals surface area contributed by atoms with Gasteiger partial charge in [0.25, 0.3) is 0 Å². The van der Waals surface area contributed by atoms with Gasteiger partial charge in [-0.2, -0.15) is 5.26 Å². The Bertz CT molecular complexity index is 483. The lowest BCUT2D eigenvalue weighted by Gasteiger charge is -1.98. The van der Waals surface area contributed by atoms with Gasteiger partial charge in [0.1, 0.15) is 6.07 Å². The highest BCUT2D eigenvalue weighted by Gasteiger charge is 1.97. The number of nitriles is 1. The third-order valence-electron chi connectivity index (χ3n) is 1.73. The van der Waals surface area contributed by atoms with Gasteiger partial charge < -0.3 is 9.90 Å². The zero-order valence-electron chi connectivity index (χ0n) is 8.18. The van der Waals surface area contributed by atoms with E-state index < -0.39 is 11.5 Å². The first-order valence-corrected chi connectivity index (χ1v) is 4.76. The number of hydrogen-bond acceptors (Lipinski definition) is 3. The Balaban J connectivity index is 2.96. The summed E-state index contributed by atoms with van der Waals surface area (Å²) in [6.07, 6.45) is 2.62. The second kappa shape index (κ2) is 5.74. The number of aliphatic carboxylic acids is 1. The predicted octanol–water partition coefficient (Wildman–Crippen LogP) is 1.47. The van der Waals surface area contributed by atoms with E-state index in [1.807, 2.05) is 18.2 Å². The first-order valence-electron chi connectivity index (χ1n) is 4.39. The topological polar surface area (TPSA) is 63.9 Å². The van der Waals surface area contributed by atoms with E-state index >= 15 is 0 Å². The Morgan fingerprint density at radius 1 is 1.38 bits per heavy atom. The van der Waals surface area contributed by atoms with E-state index in [0.29, 0.717) is 0 Å². The maximum Gasteiger partial charge on any atom is 0.101 e. The average Bonchev–Trinajstić information content (AvgIpc) is 2.27. The van der Waals surface area contributed by atoms with Gasteiger partial charge in [0.05, 0.1) is 11.5 Å². The molecule has 16 heavy (non-hydrogen) atoms. The number of carboxylic acid groups (broad SMARTS) is 1. The molecule has 0 atom stereocenters. The predicted molar refractivity (Wildman–Crippen MR) is 59.0 cm³/mol. The number of rotatable bonds is 3. The SMILES string of the molecule is N#C/C(=C\C(Cl)=C\c1ccccc1)C(=O)[O-]. The number of halogens is 1. The minimum Gasteiger partial charge on any atom is -0.544 e. The van der Waals surface area contributed by atoms with Gasteiger partial charge in [0.15, 0.2) is 0 Å². The first kappa shape index (κ1) is 12.0. The Hall–Kier alpha value is -2.05. The van der Waals surface area contributed by atoms with Gasteiger partial charge in [-0.15, -0.1) is 0 Å². The molecule has 0 unspecified atom stereocenters. The third kappa shape index (κ3) is 3.60. The third-order valence-corrected chi connectivity index (χ3v) is 1.94. The minimum absolute atomic E-state index is 0.159. The van der Waals surface area contributed by atoms with Crippen LogP contribution >= 0.6 is 11.6 Å². The molecule has 0 bridgehead atoms. The quantitative estimate of drug-likeness (QED) is 0.450. The number of hydrogen-bond donors (Lipinski definition) is 0. The summed E-state index contributed by atoms with van der Waals surface area (Å²) in [5, 5.41) is 19.1. The molecule has 1 aromatic rings. The van der Waals surface area contributed by atoms with Crippen molar-refractivity contribution in [3.05, 3.63) is 52.6 Å². The van der Waals surface area contributed by atoms with Crippen molar-refractivity contribution in [2.45, 2.75) is 0 Å². The van der Waals surface area contributed by atoms with E-state index in [0.717, 1.165) is 11.6 Å². The van der Waals surface area contributed by atoms with Crippen molar-refractivity contribution in [3.63, 3.8) is 0 Å². The van der Waals surface area contributed by atoms with E-state index in [2.05, 4.69) is 0 Å². The van der Waals surface area contributed by atoms with Gasteiger partial charge in [-0.3, -0.25) is 0 Å². The van der Waals surface area contributed by atoms with Crippen LogP contribution in [0.1, 0.15) is 5.56 Å². The van der Waals surface area contributed by atoms with Crippen molar-refractivity contribution in [1.82, 2.24) is 0 Å². The van der Waals surface area contributed by atoms with Crippen molar-refractivity contribution in [2.75, 3.05) is 0 Å². The highest BCUT2D eigenvalue weighted by molar-refractivity contribution is 6.33. The molecule has 0 radical (unpaired) electrons. The molecule has 0 amide bonds. The smallest absolute Gasteiger partial charge is 0.101 e. The fraction of sp³-hybridized carbons (Fsp3) is 0. The highest BCUT2D eigenvalue weighted by Crippen LogP contribution is 2.12. The number of carboxylic acids is 1. The van der Waals surface area contributed by atoms with Crippen LogP contribution in [0.4, 0.5) is 0 Å². The largest absolute Gasteiger partial charge is 0.544 e. The number of nitrogens with zero attached hydrogens (tertiary/aromatic N) is 1. The molecule has 0 saturated carbocycles. The van der Waals surface area contributed by atoms with Crippen LogP contribution < -0.4 is 5.11 Å². The average molecular weight is 233 g/mol. The lowest BCUT2D eigenvalue weighted by molar-refractivity contribution is -0.298. The number of carbonyl (C=O) groups excluding carboxylic acids is 1. The number of benzene rings is 1. The summed E-state index contributed by atoms with van der Waals surface area (Å²) in [7, 11) is 0. The van der Waals surface area contributed by atoms with Gasteiger partial charge >= 0.3 is 0 Å².